The van der Waals surface area contributed by atoms with Crippen molar-refractivity contribution in [2.24, 2.45) is 11.5 Å². The second-order valence-corrected chi connectivity index (χ2v) is 2.20. The van der Waals surface area contributed by atoms with Crippen molar-refractivity contribution in [3.8, 4) is 0 Å². The first-order valence-corrected chi connectivity index (χ1v) is 3.22. The summed E-state index contributed by atoms with van der Waals surface area (Å²) in [5.41, 5.74) is 10.9. The van der Waals surface area contributed by atoms with Crippen molar-refractivity contribution < 1.29 is 9.53 Å². The lowest BCUT2D eigenvalue weighted by molar-refractivity contribution is -0.136. The van der Waals surface area contributed by atoms with Gasteiger partial charge in [-0.25, -0.2) is 0 Å². The number of hydrogen-bond acceptors (Lipinski definition) is 4. The highest BCUT2D eigenvalue weighted by atomic mass is 16.5. The molecule has 0 heterocycles. The van der Waals surface area contributed by atoms with E-state index in [0.29, 0.717) is 0 Å². The number of allylic oxidation sites excluding steroid dienone is 1. The molecule has 0 rings (SSSR count). The first kappa shape index (κ1) is 10.3. The summed E-state index contributed by atoms with van der Waals surface area (Å²) in [5.74, 6) is -0.343. The lowest BCUT2D eigenvalue weighted by Crippen LogP contribution is -2.08. The smallest absolute Gasteiger partial charge is 0.308 e. The van der Waals surface area contributed by atoms with Gasteiger partial charge in [-0.3, -0.25) is 4.79 Å². The van der Waals surface area contributed by atoms with E-state index in [1.807, 2.05) is 0 Å². The number of ether oxygens (including phenoxy) is 1. The van der Waals surface area contributed by atoms with Gasteiger partial charge in [0.25, 0.3) is 0 Å². The van der Waals surface area contributed by atoms with Gasteiger partial charge in [-0.1, -0.05) is 13.2 Å². The molecule has 0 aromatic carbocycles. The Hall–Kier alpha value is -1.71. The molecule has 0 aromatic rings. The van der Waals surface area contributed by atoms with Gasteiger partial charge in [0.05, 0.1) is 5.70 Å². The predicted octanol–water partition coefficient (Wildman–Crippen LogP) is 0.378. The molecule has 0 aliphatic rings. The molecule has 0 fully saturated rings. The van der Waals surface area contributed by atoms with Crippen molar-refractivity contribution in [1.29, 1.82) is 0 Å². The zero-order valence-corrected chi connectivity index (χ0v) is 6.96. The predicted molar refractivity (Wildman–Crippen MR) is 46.5 cm³/mol. The Kier molecular flexibility index (Phi) is 3.62. The first-order valence-electron chi connectivity index (χ1n) is 3.22. The Labute approximate surface area is 71.2 Å². The molecule has 0 aliphatic heterocycles. The summed E-state index contributed by atoms with van der Waals surface area (Å²) in [6.45, 7) is 8.06. The van der Waals surface area contributed by atoms with Gasteiger partial charge in [0, 0.05) is 18.7 Å². The Morgan fingerprint density at radius 3 is 2.17 bits per heavy atom. The van der Waals surface area contributed by atoms with Crippen molar-refractivity contribution >= 4 is 5.97 Å². The van der Waals surface area contributed by atoms with E-state index in [9.17, 15) is 4.79 Å². The first-order chi connectivity index (χ1) is 5.43. The van der Waals surface area contributed by atoms with E-state index >= 15 is 0 Å². The molecule has 12 heavy (non-hydrogen) atoms. The molecular formula is C8H12N2O2. The molecule has 0 saturated carbocycles. The second kappa shape index (κ2) is 4.23. The normalized spacial score (nSPS) is 10.6. The Morgan fingerprint density at radius 1 is 1.42 bits per heavy atom. The van der Waals surface area contributed by atoms with E-state index in [1.54, 1.807) is 0 Å². The zero-order valence-electron chi connectivity index (χ0n) is 6.96. The number of carbonyl (C=O) groups excluding carboxylic acids is 1. The van der Waals surface area contributed by atoms with Gasteiger partial charge in [-0.2, -0.15) is 0 Å². The summed E-state index contributed by atoms with van der Waals surface area (Å²) in [4.78, 5) is 10.5. The minimum Gasteiger partial charge on any atom is -0.424 e. The molecule has 66 valence electrons. The lowest BCUT2D eigenvalue weighted by atomic mass is 10.3. The third-order valence-corrected chi connectivity index (χ3v) is 0.887. The highest BCUT2D eigenvalue weighted by Crippen LogP contribution is 2.05. The van der Waals surface area contributed by atoms with E-state index in [0.717, 1.165) is 0 Å². The molecule has 0 aromatic heterocycles. The number of rotatable bonds is 3. The summed E-state index contributed by atoms with van der Waals surface area (Å²) in [6.07, 6.45) is 1.34. The molecule has 0 aliphatic carbocycles. The fraction of sp³-hybridized carbons (Fsp3) is 0.125. The summed E-state index contributed by atoms with van der Waals surface area (Å²) in [7, 11) is 0. The van der Waals surface area contributed by atoms with Crippen LogP contribution in [-0.2, 0) is 9.53 Å². The van der Waals surface area contributed by atoms with Crippen molar-refractivity contribution in [1.82, 2.24) is 0 Å². The molecule has 4 nitrogen and oxygen atoms in total. The number of nitrogens with two attached hydrogens (primary N) is 2. The molecule has 4 heteroatoms. The summed E-state index contributed by atoms with van der Waals surface area (Å²) >= 11 is 0. The number of carbonyl (C=O) groups is 1. The molecule has 4 N–H and O–H groups in total. The van der Waals surface area contributed by atoms with Gasteiger partial charge in [-0.15, -0.1) is 0 Å². The van der Waals surface area contributed by atoms with E-state index in [2.05, 4.69) is 17.9 Å². The average Bonchev–Trinajstić information content (AvgIpc) is 1.83. The van der Waals surface area contributed by atoms with Crippen LogP contribution < -0.4 is 11.5 Å². The van der Waals surface area contributed by atoms with Crippen LogP contribution in [-0.4, -0.2) is 5.97 Å². The van der Waals surface area contributed by atoms with Crippen molar-refractivity contribution in [2.75, 3.05) is 0 Å². The van der Waals surface area contributed by atoms with Crippen LogP contribution in [0.5, 0.6) is 0 Å². The second-order valence-electron chi connectivity index (χ2n) is 2.20. The maximum atomic E-state index is 10.5. The van der Waals surface area contributed by atoms with Crippen LogP contribution in [0.2, 0.25) is 0 Å². The summed E-state index contributed by atoms with van der Waals surface area (Å²) in [5, 5.41) is 0. The average molecular weight is 168 g/mol. The van der Waals surface area contributed by atoms with Gasteiger partial charge >= 0.3 is 5.97 Å². The molecule has 0 amide bonds. The van der Waals surface area contributed by atoms with Crippen molar-refractivity contribution in [3.05, 3.63) is 36.4 Å². The van der Waals surface area contributed by atoms with E-state index in [-0.39, 0.29) is 17.2 Å². The fourth-order valence-electron chi connectivity index (χ4n) is 0.511. The van der Waals surface area contributed by atoms with E-state index in [4.69, 9.17) is 11.5 Å². The largest absolute Gasteiger partial charge is 0.424 e. The van der Waals surface area contributed by atoms with E-state index in [1.165, 1.54) is 13.0 Å². The van der Waals surface area contributed by atoms with Crippen LogP contribution >= 0.6 is 0 Å². The zero-order chi connectivity index (χ0) is 9.72. The van der Waals surface area contributed by atoms with Crippen LogP contribution in [0.3, 0.4) is 0 Å². The maximum Gasteiger partial charge on any atom is 0.308 e. The van der Waals surface area contributed by atoms with Gasteiger partial charge in [0.2, 0.25) is 0 Å². The molecule has 0 bridgehead atoms. The lowest BCUT2D eigenvalue weighted by Gasteiger charge is -2.05. The topological polar surface area (TPSA) is 78.3 Å². The molecule has 0 unspecified atom stereocenters. The van der Waals surface area contributed by atoms with Crippen molar-refractivity contribution in [2.45, 2.75) is 6.92 Å². The maximum absolute atomic E-state index is 10.5. The number of esters is 1. The quantitative estimate of drug-likeness (QED) is 0.362. The Bertz CT molecular complexity index is 254. The SMILES string of the molecule is C=C(N)/C=C(/OC(C)=O)C(=C)N. The molecule has 0 saturated heterocycles. The monoisotopic (exact) mass is 168 g/mol. The number of hydrogen-bond donors (Lipinski definition) is 2. The molecule has 0 radical (unpaired) electrons. The minimum atomic E-state index is -0.478. The van der Waals surface area contributed by atoms with Crippen LogP contribution in [0.25, 0.3) is 0 Å². The van der Waals surface area contributed by atoms with Gasteiger partial charge in [-0.05, 0) is 0 Å². The summed E-state index contributed by atoms with van der Waals surface area (Å²) in [6, 6.07) is 0. The van der Waals surface area contributed by atoms with Crippen LogP contribution in [0.4, 0.5) is 0 Å². The Morgan fingerprint density at radius 2 is 1.92 bits per heavy atom. The standard InChI is InChI=1S/C8H12N2O2/c1-5(9)4-8(6(2)10)12-7(3)11/h4H,1-2,9-10H2,3H3/b8-4+. The third-order valence-electron chi connectivity index (χ3n) is 0.887. The highest BCUT2D eigenvalue weighted by Gasteiger charge is 2.02. The van der Waals surface area contributed by atoms with Gasteiger partial charge < -0.3 is 16.2 Å². The minimum absolute atomic E-state index is 0.134. The van der Waals surface area contributed by atoms with Crippen LogP contribution in [0.15, 0.2) is 36.4 Å². The van der Waals surface area contributed by atoms with Crippen molar-refractivity contribution in [3.63, 3.8) is 0 Å². The summed E-state index contributed by atoms with van der Waals surface area (Å²) < 4.78 is 4.68. The van der Waals surface area contributed by atoms with Gasteiger partial charge in [0.15, 0.2) is 5.76 Å². The fourth-order valence-corrected chi connectivity index (χ4v) is 0.511. The van der Waals surface area contributed by atoms with Crippen LogP contribution in [0, 0.1) is 0 Å². The van der Waals surface area contributed by atoms with Gasteiger partial charge in [0.1, 0.15) is 0 Å². The van der Waals surface area contributed by atoms with E-state index < -0.39 is 5.97 Å². The van der Waals surface area contributed by atoms with Crippen LogP contribution in [0.1, 0.15) is 6.92 Å². The molecule has 0 spiro atoms. The molecule has 0 atom stereocenters. The highest BCUT2D eigenvalue weighted by molar-refractivity contribution is 5.68. The molecular weight excluding hydrogens is 156 g/mol. The Balaban J connectivity index is 4.55. The third kappa shape index (κ3) is 4.16.